The summed E-state index contributed by atoms with van der Waals surface area (Å²) in [6.07, 6.45) is 0.543. The third-order valence-corrected chi connectivity index (χ3v) is 5.79. The highest BCUT2D eigenvalue weighted by atomic mass is 32.1. The maximum Gasteiger partial charge on any atom is 0.313 e. The zero-order valence-electron chi connectivity index (χ0n) is 16.5. The summed E-state index contributed by atoms with van der Waals surface area (Å²) in [7, 11) is 0. The fourth-order valence-electron chi connectivity index (χ4n) is 2.96. The minimum Gasteiger partial charge on any atom is -0.347 e. The summed E-state index contributed by atoms with van der Waals surface area (Å²) in [6, 6.07) is 12.0. The van der Waals surface area contributed by atoms with Crippen molar-refractivity contribution in [2.45, 2.75) is 27.2 Å². The van der Waals surface area contributed by atoms with Crippen LogP contribution in [-0.2, 0) is 16.0 Å². The van der Waals surface area contributed by atoms with Crippen LogP contribution in [0.4, 0.5) is 10.1 Å². The van der Waals surface area contributed by atoms with Gasteiger partial charge in [0.15, 0.2) is 0 Å². The fourth-order valence-corrected chi connectivity index (χ4v) is 4.01. The molecule has 2 aromatic carbocycles. The number of rotatable bonds is 5. The highest BCUT2D eigenvalue weighted by Gasteiger charge is 2.16. The number of carbonyl (C=O) groups excluding carboxylic acids is 2. The number of amides is 2. The topological polar surface area (TPSA) is 71.1 Å². The Labute approximate surface area is 173 Å². The highest BCUT2D eigenvalue weighted by Crippen LogP contribution is 2.28. The molecule has 0 spiro atoms. The van der Waals surface area contributed by atoms with Crippen molar-refractivity contribution >= 4 is 28.8 Å². The third kappa shape index (κ3) is 5.06. The minimum atomic E-state index is -0.691. The average Bonchev–Trinajstić information content (AvgIpc) is 3.05. The summed E-state index contributed by atoms with van der Waals surface area (Å²) in [5.41, 5.74) is 4.02. The van der Waals surface area contributed by atoms with E-state index in [-0.39, 0.29) is 5.82 Å². The lowest BCUT2D eigenvalue weighted by atomic mass is 10.1. The molecule has 29 heavy (non-hydrogen) atoms. The molecule has 0 aliphatic rings. The summed E-state index contributed by atoms with van der Waals surface area (Å²) >= 11 is 1.46. The van der Waals surface area contributed by atoms with E-state index in [9.17, 15) is 14.0 Å². The maximum absolute atomic E-state index is 13.4. The normalized spacial score (nSPS) is 10.6. The molecule has 1 aromatic heterocycles. The summed E-state index contributed by atoms with van der Waals surface area (Å²) in [6.45, 7) is 5.95. The van der Waals surface area contributed by atoms with E-state index in [0.29, 0.717) is 18.7 Å². The highest BCUT2D eigenvalue weighted by molar-refractivity contribution is 7.15. The standard InChI is InChI=1S/C22H22FN3O2S/c1-13-6-4-7-14(2)19(13)26-21(28)20(27)24-11-10-18-15(3)25-22(29-18)16-8-5-9-17(23)12-16/h4-9,12H,10-11H2,1-3H3,(H,24,27)(H,26,28). The maximum atomic E-state index is 13.4. The Bertz CT molecular complexity index is 1040. The fraction of sp³-hybridized carbons (Fsp3) is 0.227. The molecule has 0 atom stereocenters. The number of hydrogen-bond acceptors (Lipinski definition) is 4. The number of aromatic nitrogens is 1. The van der Waals surface area contributed by atoms with Gasteiger partial charge >= 0.3 is 11.8 Å². The zero-order valence-corrected chi connectivity index (χ0v) is 17.3. The van der Waals surface area contributed by atoms with E-state index in [1.165, 1.54) is 23.5 Å². The molecule has 1 heterocycles. The SMILES string of the molecule is Cc1cccc(C)c1NC(=O)C(=O)NCCc1sc(-c2cccc(F)c2)nc1C. The van der Waals surface area contributed by atoms with Gasteiger partial charge in [-0.1, -0.05) is 30.3 Å². The van der Waals surface area contributed by atoms with Crippen LogP contribution in [0.15, 0.2) is 42.5 Å². The Hall–Kier alpha value is -3.06. The van der Waals surface area contributed by atoms with Crippen molar-refractivity contribution in [1.82, 2.24) is 10.3 Å². The van der Waals surface area contributed by atoms with Gasteiger partial charge in [0, 0.05) is 29.1 Å². The predicted molar refractivity (Wildman–Crippen MR) is 114 cm³/mol. The van der Waals surface area contributed by atoms with Crippen molar-refractivity contribution in [3.05, 3.63) is 70.0 Å². The smallest absolute Gasteiger partial charge is 0.313 e. The molecule has 0 saturated heterocycles. The first kappa shape index (κ1) is 20.7. The number of benzene rings is 2. The van der Waals surface area contributed by atoms with E-state index in [0.717, 1.165) is 32.3 Å². The van der Waals surface area contributed by atoms with Crippen molar-refractivity contribution in [3.63, 3.8) is 0 Å². The second-order valence-corrected chi connectivity index (χ2v) is 7.85. The average molecular weight is 412 g/mol. The van der Waals surface area contributed by atoms with E-state index >= 15 is 0 Å². The molecule has 0 bridgehead atoms. The van der Waals surface area contributed by atoms with Crippen LogP contribution in [-0.4, -0.2) is 23.3 Å². The van der Waals surface area contributed by atoms with E-state index in [2.05, 4.69) is 15.6 Å². The molecule has 0 unspecified atom stereocenters. The molecular formula is C22H22FN3O2S. The number of thiazole rings is 1. The van der Waals surface area contributed by atoms with Crippen molar-refractivity contribution in [2.24, 2.45) is 0 Å². The molecule has 0 radical (unpaired) electrons. The first-order chi connectivity index (χ1) is 13.8. The molecule has 0 fully saturated rings. The van der Waals surface area contributed by atoms with Crippen molar-refractivity contribution in [3.8, 4) is 10.6 Å². The molecule has 150 valence electrons. The number of carbonyl (C=O) groups is 2. The Kier molecular flexibility index (Phi) is 6.39. The number of aryl methyl sites for hydroxylation is 3. The summed E-state index contributed by atoms with van der Waals surface area (Å²) in [5, 5.41) is 6.05. The van der Waals surface area contributed by atoms with Crippen LogP contribution in [0.2, 0.25) is 0 Å². The van der Waals surface area contributed by atoms with Crippen LogP contribution in [0.3, 0.4) is 0 Å². The van der Waals surface area contributed by atoms with Crippen LogP contribution in [0.1, 0.15) is 21.7 Å². The van der Waals surface area contributed by atoms with Gasteiger partial charge in [0.05, 0.1) is 5.69 Å². The monoisotopic (exact) mass is 411 g/mol. The van der Waals surface area contributed by atoms with Gasteiger partial charge in [-0.3, -0.25) is 9.59 Å². The van der Waals surface area contributed by atoms with Crippen LogP contribution < -0.4 is 10.6 Å². The van der Waals surface area contributed by atoms with Crippen molar-refractivity contribution in [1.29, 1.82) is 0 Å². The van der Waals surface area contributed by atoms with Crippen molar-refractivity contribution in [2.75, 3.05) is 11.9 Å². The molecule has 0 aliphatic carbocycles. The van der Waals surface area contributed by atoms with Crippen LogP contribution >= 0.6 is 11.3 Å². The van der Waals surface area contributed by atoms with Crippen LogP contribution in [0.5, 0.6) is 0 Å². The summed E-state index contributed by atoms with van der Waals surface area (Å²) in [5.74, 6) is -1.68. The number of para-hydroxylation sites is 1. The lowest BCUT2D eigenvalue weighted by Gasteiger charge is -2.11. The van der Waals surface area contributed by atoms with Gasteiger partial charge in [0.1, 0.15) is 10.8 Å². The molecule has 3 rings (SSSR count). The lowest BCUT2D eigenvalue weighted by molar-refractivity contribution is -0.136. The van der Waals surface area contributed by atoms with E-state index < -0.39 is 11.8 Å². The first-order valence-electron chi connectivity index (χ1n) is 9.23. The Morgan fingerprint density at radius 3 is 2.41 bits per heavy atom. The third-order valence-electron chi connectivity index (χ3n) is 4.53. The van der Waals surface area contributed by atoms with Gasteiger partial charge in [0.2, 0.25) is 0 Å². The number of halogens is 1. The number of anilines is 1. The summed E-state index contributed by atoms with van der Waals surface area (Å²) in [4.78, 5) is 29.8. The van der Waals surface area contributed by atoms with Crippen LogP contribution in [0, 0.1) is 26.6 Å². The van der Waals surface area contributed by atoms with E-state index in [1.807, 2.05) is 45.0 Å². The molecular weight excluding hydrogens is 389 g/mol. The quantitative estimate of drug-likeness (QED) is 0.619. The van der Waals surface area contributed by atoms with E-state index in [1.54, 1.807) is 6.07 Å². The van der Waals surface area contributed by atoms with Crippen LogP contribution in [0.25, 0.3) is 10.6 Å². The molecule has 7 heteroatoms. The van der Waals surface area contributed by atoms with Crippen molar-refractivity contribution < 1.29 is 14.0 Å². The van der Waals surface area contributed by atoms with Gasteiger partial charge in [-0.05, 0) is 44.0 Å². The largest absolute Gasteiger partial charge is 0.347 e. The molecule has 3 aromatic rings. The molecule has 0 saturated carbocycles. The number of hydrogen-bond donors (Lipinski definition) is 2. The Morgan fingerprint density at radius 2 is 1.72 bits per heavy atom. The molecule has 2 N–H and O–H groups in total. The predicted octanol–water partition coefficient (Wildman–Crippen LogP) is 4.17. The molecule has 0 aliphatic heterocycles. The first-order valence-corrected chi connectivity index (χ1v) is 10.0. The Morgan fingerprint density at radius 1 is 1.03 bits per heavy atom. The van der Waals surface area contributed by atoms with Gasteiger partial charge in [-0.2, -0.15) is 0 Å². The van der Waals surface area contributed by atoms with Gasteiger partial charge in [0.25, 0.3) is 0 Å². The number of nitrogens with one attached hydrogen (secondary N) is 2. The summed E-state index contributed by atoms with van der Waals surface area (Å²) < 4.78 is 13.4. The number of nitrogens with zero attached hydrogens (tertiary/aromatic N) is 1. The molecule has 5 nitrogen and oxygen atoms in total. The lowest BCUT2D eigenvalue weighted by Crippen LogP contribution is -2.36. The Balaban J connectivity index is 1.57. The second-order valence-electron chi connectivity index (χ2n) is 6.76. The van der Waals surface area contributed by atoms with E-state index in [4.69, 9.17) is 0 Å². The second kappa shape index (κ2) is 8.96. The minimum absolute atomic E-state index is 0.306. The molecule has 2 amide bonds. The zero-order chi connectivity index (χ0) is 21.0. The van der Waals surface area contributed by atoms with Gasteiger partial charge in [-0.25, -0.2) is 9.37 Å². The van der Waals surface area contributed by atoms with Gasteiger partial charge < -0.3 is 10.6 Å². The van der Waals surface area contributed by atoms with Gasteiger partial charge in [-0.15, -0.1) is 11.3 Å².